The molecule has 0 saturated carbocycles. The molecule has 6 heteroatoms. The minimum Gasteiger partial charge on any atom is -0.385 e. The predicted molar refractivity (Wildman–Crippen MR) is 85.5 cm³/mol. The minimum absolute atomic E-state index is 0.232. The van der Waals surface area contributed by atoms with Gasteiger partial charge in [0.1, 0.15) is 23.3 Å². The molecule has 0 saturated heterocycles. The van der Waals surface area contributed by atoms with Crippen LogP contribution in [-0.4, -0.2) is 30.2 Å². The molecule has 1 aromatic carbocycles. The van der Waals surface area contributed by atoms with Crippen LogP contribution in [-0.2, 0) is 11.3 Å². The summed E-state index contributed by atoms with van der Waals surface area (Å²) in [7, 11) is 1.69. The monoisotopic (exact) mass is 304 g/mol. The van der Waals surface area contributed by atoms with Gasteiger partial charge in [-0.25, -0.2) is 14.4 Å². The standard InChI is InChI=1S/C16H21FN4O/c1-12-20-15(18-8-3-9-22-2)10-16(21-12)19-11-13-4-6-14(17)7-5-13/h4-7,10H,3,8-9,11H2,1-2H3,(H2,18,19,20,21). The summed E-state index contributed by atoms with van der Waals surface area (Å²) in [5, 5.41) is 6.47. The topological polar surface area (TPSA) is 59.1 Å². The van der Waals surface area contributed by atoms with Crippen molar-refractivity contribution in [3.63, 3.8) is 0 Å². The molecule has 22 heavy (non-hydrogen) atoms. The first-order valence-electron chi connectivity index (χ1n) is 7.24. The fourth-order valence-electron chi connectivity index (χ4n) is 1.98. The van der Waals surface area contributed by atoms with Crippen LogP contribution in [0.15, 0.2) is 30.3 Å². The van der Waals surface area contributed by atoms with E-state index in [1.165, 1.54) is 12.1 Å². The van der Waals surface area contributed by atoms with Crippen molar-refractivity contribution >= 4 is 11.6 Å². The normalized spacial score (nSPS) is 10.5. The molecule has 0 atom stereocenters. The van der Waals surface area contributed by atoms with Gasteiger partial charge in [0, 0.05) is 32.9 Å². The lowest BCUT2D eigenvalue weighted by atomic mass is 10.2. The molecule has 0 fully saturated rings. The Morgan fingerprint density at radius 1 is 1.09 bits per heavy atom. The van der Waals surface area contributed by atoms with Crippen molar-refractivity contribution in [1.82, 2.24) is 9.97 Å². The number of aryl methyl sites for hydroxylation is 1. The van der Waals surface area contributed by atoms with E-state index in [0.717, 1.165) is 30.2 Å². The minimum atomic E-state index is -0.232. The second kappa shape index (κ2) is 8.29. The van der Waals surface area contributed by atoms with Gasteiger partial charge in [0.05, 0.1) is 0 Å². The number of methoxy groups -OCH3 is 1. The summed E-state index contributed by atoms with van der Waals surface area (Å²) in [6.07, 6.45) is 0.915. The van der Waals surface area contributed by atoms with E-state index in [1.807, 2.05) is 13.0 Å². The van der Waals surface area contributed by atoms with Gasteiger partial charge >= 0.3 is 0 Å². The van der Waals surface area contributed by atoms with Gasteiger partial charge in [-0.3, -0.25) is 0 Å². The Bertz CT molecular complexity index is 589. The molecule has 0 spiro atoms. The number of nitrogens with zero attached hydrogens (tertiary/aromatic N) is 2. The molecule has 0 amide bonds. The van der Waals surface area contributed by atoms with E-state index in [-0.39, 0.29) is 5.82 Å². The average molecular weight is 304 g/mol. The number of halogens is 1. The lowest BCUT2D eigenvalue weighted by Gasteiger charge is -2.10. The number of rotatable bonds is 8. The zero-order valence-electron chi connectivity index (χ0n) is 12.9. The molecule has 0 unspecified atom stereocenters. The average Bonchev–Trinajstić information content (AvgIpc) is 2.51. The van der Waals surface area contributed by atoms with Crippen molar-refractivity contribution in [2.24, 2.45) is 0 Å². The lowest BCUT2D eigenvalue weighted by Crippen LogP contribution is -2.09. The van der Waals surface area contributed by atoms with Crippen LogP contribution in [0.4, 0.5) is 16.0 Å². The van der Waals surface area contributed by atoms with Crippen LogP contribution < -0.4 is 10.6 Å². The number of anilines is 2. The first-order valence-corrected chi connectivity index (χ1v) is 7.24. The summed E-state index contributed by atoms with van der Waals surface area (Å²) < 4.78 is 17.9. The van der Waals surface area contributed by atoms with E-state index in [9.17, 15) is 4.39 Å². The van der Waals surface area contributed by atoms with Crippen LogP contribution in [0.25, 0.3) is 0 Å². The van der Waals surface area contributed by atoms with Gasteiger partial charge in [-0.1, -0.05) is 12.1 Å². The predicted octanol–water partition coefficient (Wildman–Crippen LogP) is 2.98. The van der Waals surface area contributed by atoms with Gasteiger partial charge in [0.15, 0.2) is 0 Å². The fraction of sp³-hybridized carbons (Fsp3) is 0.375. The number of aromatic nitrogens is 2. The second-order valence-corrected chi connectivity index (χ2v) is 4.94. The SMILES string of the molecule is COCCCNc1cc(NCc2ccc(F)cc2)nc(C)n1. The molecular weight excluding hydrogens is 283 g/mol. The molecule has 0 aliphatic heterocycles. The van der Waals surface area contributed by atoms with E-state index in [2.05, 4.69) is 20.6 Å². The second-order valence-electron chi connectivity index (χ2n) is 4.94. The van der Waals surface area contributed by atoms with Crippen LogP contribution in [0.1, 0.15) is 17.8 Å². The van der Waals surface area contributed by atoms with Crippen LogP contribution >= 0.6 is 0 Å². The zero-order chi connectivity index (χ0) is 15.8. The highest BCUT2D eigenvalue weighted by atomic mass is 19.1. The van der Waals surface area contributed by atoms with Crippen molar-refractivity contribution in [3.8, 4) is 0 Å². The Hall–Kier alpha value is -2.21. The van der Waals surface area contributed by atoms with Crippen LogP contribution in [0.2, 0.25) is 0 Å². The molecule has 5 nitrogen and oxygen atoms in total. The first-order chi connectivity index (χ1) is 10.7. The molecule has 1 aromatic heterocycles. The number of ether oxygens (including phenoxy) is 1. The molecule has 2 N–H and O–H groups in total. The van der Waals surface area contributed by atoms with Gasteiger partial charge in [0.25, 0.3) is 0 Å². The number of hydrogen-bond acceptors (Lipinski definition) is 5. The van der Waals surface area contributed by atoms with Crippen molar-refractivity contribution in [2.45, 2.75) is 19.9 Å². The van der Waals surface area contributed by atoms with E-state index < -0.39 is 0 Å². The summed E-state index contributed by atoms with van der Waals surface area (Å²) in [4.78, 5) is 8.70. The maximum Gasteiger partial charge on any atom is 0.132 e. The van der Waals surface area contributed by atoms with Crippen molar-refractivity contribution in [3.05, 3.63) is 47.5 Å². The molecule has 0 bridgehead atoms. The molecule has 0 aliphatic rings. The Kier molecular flexibility index (Phi) is 6.09. The summed E-state index contributed by atoms with van der Waals surface area (Å²) in [6, 6.07) is 8.26. The van der Waals surface area contributed by atoms with Crippen molar-refractivity contribution in [1.29, 1.82) is 0 Å². The molecule has 0 radical (unpaired) electrons. The molecule has 2 aromatic rings. The molecule has 0 aliphatic carbocycles. The first kappa shape index (κ1) is 16.2. The van der Waals surface area contributed by atoms with Gasteiger partial charge in [-0.05, 0) is 31.0 Å². The van der Waals surface area contributed by atoms with Gasteiger partial charge in [0.2, 0.25) is 0 Å². The van der Waals surface area contributed by atoms with Gasteiger partial charge in [-0.2, -0.15) is 0 Å². The molecule has 1 heterocycles. The zero-order valence-corrected chi connectivity index (χ0v) is 12.9. The smallest absolute Gasteiger partial charge is 0.132 e. The third-order valence-corrected chi connectivity index (χ3v) is 3.06. The highest BCUT2D eigenvalue weighted by Crippen LogP contribution is 2.13. The van der Waals surface area contributed by atoms with E-state index in [1.54, 1.807) is 19.2 Å². The highest BCUT2D eigenvalue weighted by Gasteiger charge is 2.02. The van der Waals surface area contributed by atoms with Crippen LogP contribution in [0.3, 0.4) is 0 Å². The molecule has 2 rings (SSSR count). The maximum atomic E-state index is 12.9. The van der Waals surface area contributed by atoms with E-state index in [4.69, 9.17) is 4.74 Å². The summed E-state index contributed by atoms with van der Waals surface area (Å²) in [5.74, 6) is 1.98. The summed E-state index contributed by atoms with van der Waals surface area (Å²) in [5.41, 5.74) is 0.993. The third-order valence-electron chi connectivity index (χ3n) is 3.06. The highest BCUT2D eigenvalue weighted by molar-refractivity contribution is 5.47. The number of benzene rings is 1. The molecular formula is C16H21FN4O. The van der Waals surface area contributed by atoms with Crippen molar-refractivity contribution < 1.29 is 9.13 Å². The number of hydrogen-bond donors (Lipinski definition) is 2. The number of nitrogens with one attached hydrogen (secondary N) is 2. The third kappa shape index (κ3) is 5.29. The fourth-order valence-corrected chi connectivity index (χ4v) is 1.98. The Morgan fingerprint density at radius 2 is 1.77 bits per heavy atom. The summed E-state index contributed by atoms with van der Waals surface area (Å²) in [6.45, 7) is 3.94. The Morgan fingerprint density at radius 3 is 2.45 bits per heavy atom. The van der Waals surface area contributed by atoms with Gasteiger partial charge < -0.3 is 15.4 Å². The van der Waals surface area contributed by atoms with Gasteiger partial charge in [-0.15, -0.1) is 0 Å². The molecule has 118 valence electrons. The quantitative estimate of drug-likeness (QED) is 0.734. The Balaban J connectivity index is 1.92. The van der Waals surface area contributed by atoms with Crippen molar-refractivity contribution in [2.75, 3.05) is 30.9 Å². The van der Waals surface area contributed by atoms with E-state index in [0.29, 0.717) is 19.0 Å². The van der Waals surface area contributed by atoms with Crippen LogP contribution in [0.5, 0.6) is 0 Å². The Labute approximate surface area is 129 Å². The lowest BCUT2D eigenvalue weighted by molar-refractivity contribution is 0.198. The van der Waals surface area contributed by atoms with E-state index >= 15 is 0 Å². The largest absolute Gasteiger partial charge is 0.385 e. The summed E-state index contributed by atoms with van der Waals surface area (Å²) >= 11 is 0. The van der Waals surface area contributed by atoms with Crippen LogP contribution in [0, 0.1) is 12.7 Å². The maximum absolute atomic E-state index is 12.9.